The Morgan fingerprint density at radius 3 is 2.58 bits per heavy atom. The minimum Gasteiger partial charge on any atom is -0.335 e. The number of piperazine rings is 1. The first-order valence-corrected chi connectivity index (χ1v) is 8.61. The Balaban J connectivity index is 1.31. The van der Waals surface area contributed by atoms with Gasteiger partial charge in [0, 0.05) is 32.7 Å². The summed E-state index contributed by atoms with van der Waals surface area (Å²) >= 11 is 0. The van der Waals surface area contributed by atoms with Crippen molar-refractivity contribution in [2.24, 2.45) is 0 Å². The fourth-order valence-corrected chi connectivity index (χ4v) is 3.00. The Bertz CT molecular complexity index is 837. The van der Waals surface area contributed by atoms with Crippen molar-refractivity contribution in [1.82, 2.24) is 39.6 Å². The first-order valence-electron chi connectivity index (χ1n) is 8.61. The fourth-order valence-electron chi connectivity index (χ4n) is 3.00. The van der Waals surface area contributed by atoms with Crippen molar-refractivity contribution in [2.45, 2.75) is 6.54 Å². The van der Waals surface area contributed by atoms with E-state index in [9.17, 15) is 4.79 Å². The van der Waals surface area contributed by atoms with E-state index in [-0.39, 0.29) is 5.91 Å². The molecule has 0 radical (unpaired) electrons. The molecule has 0 bridgehead atoms. The summed E-state index contributed by atoms with van der Waals surface area (Å²) in [7, 11) is 0. The Hall–Kier alpha value is -3.07. The zero-order valence-corrected chi connectivity index (χ0v) is 14.3. The van der Waals surface area contributed by atoms with Gasteiger partial charge in [-0.1, -0.05) is 23.4 Å². The van der Waals surface area contributed by atoms with Gasteiger partial charge in [-0.25, -0.2) is 9.67 Å². The lowest BCUT2D eigenvalue weighted by Gasteiger charge is -2.34. The Morgan fingerprint density at radius 2 is 1.85 bits per heavy atom. The fraction of sp³-hybridized carbons (Fsp3) is 0.353. The van der Waals surface area contributed by atoms with Gasteiger partial charge < -0.3 is 4.90 Å². The molecule has 0 spiro atoms. The predicted molar refractivity (Wildman–Crippen MR) is 93.7 cm³/mol. The predicted octanol–water partition coefficient (Wildman–Crippen LogP) is 0.317. The highest BCUT2D eigenvalue weighted by atomic mass is 16.2. The molecule has 1 amide bonds. The third-order valence-electron chi connectivity index (χ3n) is 4.50. The van der Waals surface area contributed by atoms with Gasteiger partial charge in [-0.2, -0.15) is 5.10 Å². The van der Waals surface area contributed by atoms with Gasteiger partial charge in [-0.15, -0.1) is 5.10 Å². The molecule has 0 unspecified atom stereocenters. The van der Waals surface area contributed by atoms with Gasteiger partial charge in [0.05, 0.1) is 18.4 Å². The second-order valence-electron chi connectivity index (χ2n) is 6.18. The Kier molecular flexibility index (Phi) is 4.69. The minimum absolute atomic E-state index is 0.0666. The molecule has 1 aliphatic heterocycles. The molecule has 134 valence electrons. The van der Waals surface area contributed by atoms with Crippen molar-refractivity contribution in [3.63, 3.8) is 0 Å². The number of aromatic nitrogens is 6. The van der Waals surface area contributed by atoms with Crippen molar-refractivity contribution >= 4 is 5.91 Å². The maximum atomic E-state index is 12.7. The largest absolute Gasteiger partial charge is 0.335 e. The van der Waals surface area contributed by atoms with Gasteiger partial charge in [-0.05, 0) is 12.1 Å². The van der Waals surface area contributed by atoms with Crippen LogP contribution >= 0.6 is 0 Å². The van der Waals surface area contributed by atoms with E-state index in [4.69, 9.17) is 0 Å². The second-order valence-corrected chi connectivity index (χ2v) is 6.18. The van der Waals surface area contributed by atoms with E-state index < -0.39 is 0 Å². The lowest BCUT2D eigenvalue weighted by Crippen LogP contribution is -2.49. The molecule has 1 aromatic carbocycles. The van der Waals surface area contributed by atoms with E-state index in [0.717, 1.165) is 31.9 Å². The summed E-state index contributed by atoms with van der Waals surface area (Å²) in [5.41, 5.74) is 1.27. The summed E-state index contributed by atoms with van der Waals surface area (Å²) in [5, 5.41) is 12.2. The summed E-state index contributed by atoms with van der Waals surface area (Å²) in [5.74, 6) is -0.0666. The highest BCUT2D eigenvalue weighted by molar-refractivity contribution is 5.92. The summed E-state index contributed by atoms with van der Waals surface area (Å²) in [4.78, 5) is 20.8. The zero-order valence-electron chi connectivity index (χ0n) is 14.3. The van der Waals surface area contributed by atoms with E-state index in [1.807, 2.05) is 39.9 Å². The molecule has 3 aromatic rings. The van der Waals surface area contributed by atoms with E-state index >= 15 is 0 Å². The van der Waals surface area contributed by atoms with Crippen LogP contribution in [0.1, 0.15) is 10.5 Å². The molecule has 1 fully saturated rings. The van der Waals surface area contributed by atoms with Crippen LogP contribution in [0.15, 0.2) is 49.2 Å². The molecule has 0 N–H and O–H groups in total. The standard InChI is InChI=1S/C17H20N8O/c26-17(16-12-25(21-20-16)15-4-2-1-3-5-15)23-9-6-22(7-10-23)8-11-24-14-18-13-19-24/h1-5,12-14H,6-11H2. The van der Waals surface area contributed by atoms with Crippen molar-refractivity contribution in [3.8, 4) is 5.69 Å². The molecule has 0 aliphatic carbocycles. The normalized spacial score (nSPS) is 15.3. The highest BCUT2D eigenvalue weighted by Gasteiger charge is 2.24. The third kappa shape index (κ3) is 3.62. The van der Waals surface area contributed by atoms with Crippen LogP contribution in [0.25, 0.3) is 5.69 Å². The molecular weight excluding hydrogens is 332 g/mol. The third-order valence-corrected chi connectivity index (χ3v) is 4.50. The van der Waals surface area contributed by atoms with Crippen LogP contribution in [-0.2, 0) is 6.54 Å². The first kappa shape index (κ1) is 16.4. The van der Waals surface area contributed by atoms with Crippen LogP contribution in [0.3, 0.4) is 0 Å². The van der Waals surface area contributed by atoms with Gasteiger partial charge in [-0.3, -0.25) is 14.4 Å². The van der Waals surface area contributed by atoms with Crippen LogP contribution in [0.5, 0.6) is 0 Å². The van der Waals surface area contributed by atoms with Gasteiger partial charge in [0.2, 0.25) is 0 Å². The maximum absolute atomic E-state index is 12.7. The van der Waals surface area contributed by atoms with Crippen molar-refractivity contribution < 1.29 is 4.79 Å². The number of nitrogens with zero attached hydrogens (tertiary/aromatic N) is 8. The lowest BCUT2D eigenvalue weighted by atomic mass is 10.3. The molecule has 9 nitrogen and oxygen atoms in total. The zero-order chi connectivity index (χ0) is 17.8. The molecule has 0 saturated carbocycles. The summed E-state index contributed by atoms with van der Waals surface area (Å²) in [6, 6.07) is 9.65. The molecule has 1 saturated heterocycles. The van der Waals surface area contributed by atoms with Gasteiger partial charge >= 0.3 is 0 Å². The Labute approximate surface area is 150 Å². The molecule has 4 rings (SSSR count). The van der Waals surface area contributed by atoms with Crippen LogP contribution in [0, 0.1) is 0 Å². The van der Waals surface area contributed by atoms with E-state index in [1.54, 1.807) is 23.5 Å². The Morgan fingerprint density at radius 1 is 1.04 bits per heavy atom. The SMILES string of the molecule is O=C(c1cn(-c2ccccc2)nn1)N1CCN(CCn2cncn2)CC1. The molecule has 3 heterocycles. The smallest absolute Gasteiger partial charge is 0.276 e. The quantitative estimate of drug-likeness (QED) is 0.657. The number of hydrogen-bond donors (Lipinski definition) is 0. The summed E-state index contributed by atoms with van der Waals surface area (Å²) < 4.78 is 3.45. The summed E-state index contributed by atoms with van der Waals surface area (Å²) in [6.45, 7) is 4.76. The number of para-hydroxylation sites is 1. The maximum Gasteiger partial charge on any atom is 0.276 e. The number of hydrogen-bond acceptors (Lipinski definition) is 6. The minimum atomic E-state index is -0.0666. The van der Waals surface area contributed by atoms with Crippen molar-refractivity contribution in [2.75, 3.05) is 32.7 Å². The van der Waals surface area contributed by atoms with E-state index in [0.29, 0.717) is 18.8 Å². The monoisotopic (exact) mass is 352 g/mol. The van der Waals surface area contributed by atoms with Gasteiger partial charge in [0.25, 0.3) is 5.91 Å². The average Bonchev–Trinajstić information content (AvgIpc) is 3.39. The van der Waals surface area contributed by atoms with Crippen LogP contribution in [0.4, 0.5) is 0 Å². The molecule has 0 atom stereocenters. The van der Waals surface area contributed by atoms with Crippen LogP contribution in [-0.4, -0.2) is 78.2 Å². The van der Waals surface area contributed by atoms with Crippen LogP contribution in [0.2, 0.25) is 0 Å². The molecule has 26 heavy (non-hydrogen) atoms. The number of amides is 1. The summed E-state index contributed by atoms with van der Waals surface area (Å²) in [6.07, 6.45) is 4.95. The number of rotatable bonds is 5. The topological polar surface area (TPSA) is 85.0 Å². The van der Waals surface area contributed by atoms with Gasteiger partial charge in [0.1, 0.15) is 12.7 Å². The molecule has 2 aromatic heterocycles. The van der Waals surface area contributed by atoms with Crippen LogP contribution < -0.4 is 0 Å². The first-order chi connectivity index (χ1) is 12.8. The molecular formula is C17H20N8O. The van der Waals surface area contributed by atoms with Crippen molar-refractivity contribution in [3.05, 3.63) is 54.9 Å². The number of carbonyl (C=O) groups is 1. The number of carbonyl (C=O) groups excluding carboxylic acids is 1. The second kappa shape index (κ2) is 7.44. The highest BCUT2D eigenvalue weighted by Crippen LogP contribution is 2.10. The average molecular weight is 352 g/mol. The van der Waals surface area contributed by atoms with Gasteiger partial charge in [0.15, 0.2) is 5.69 Å². The van der Waals surface area contributed by atoms with Crippen molar-refractivity contribution in [1.29, 1.82) is 0 Å². The lowest BCUT2D eigenvalue weighted by molar-refractivity contribution is 0.0626. The van der Waals surface area contributed by atoms with E-state index in [1.165, 1.54) is 0 Å². The molecule has 9 heteroatoms. The number of benzene rings is 1. The molecule has 1 aliphatic rings. The van der Waals surface area contributed by atoms with E-state index in [2.05, 4.69) is 25.3 Å².